The first-order valence-corrected chi connectivity index (χ1v) is 14.6. The molecule has 0 N–H and O–H groups in total. The van der Waals surface area contributed by atoms with E-state index in [2.05, 4.69) is 37.3 Å². The third kappa shape index (κ3) is 3.56. The Labute approximate surface area is 227 Å². The standard InChI is InChI=1S/C32H34N2O3S/c1-32-14-12-24-23-11-9-22(37-3)16-20(23)6-10-25(24)26(32)17-27-29(32)28-30(38-27)33-18-34(31(28)35)15-13-19-4-7-21(36-2)8-5-19/h4-5,7-9,11,16,18,24-26H,6,10,12-15,17H2,1-3H3/t24-,25-,26-,32-/m1/s1. The molecule has 3 aliphatic carbocycles. The van der Waals surface area contributed by atoms with Gasteiger partial charge in [0.15, 0.2) is 0 Å². The van der Waals surface area contributed by atoms with Crippen molar-refractivity contribution in [2.45, 2.75) is 63.3 Å². The van der Waals surface area contributed by atoms with Crippen molar-refractivity contribution in [2.24, 2.45) is 11.8 Å². The molecule has 2 heterocycles. The first-order valence-electron chi connectivity index (χ1n) is 13.8. The predicted octanol–water partition coefficient (Wildman–Crippen LogP) is 6.29. The number of hydrogen-bond acceptors (Lipinski definition) is 5. The van der Waals surface area contributed by atoms with Crippen LogP contribution >= 0.6 is 11.3 Å². The van der Waals surface area contributed by atoms with Crippen LogP contribution in [0.2, 0.25) is 0 Å². The van der Waals surface area contributed by atoms with E-state index in [0.717, 1.165) is 47.4 Å². The summed E-state index contributed by atoms with van der Waals surface area (Å²) in [6.45, 7) is 3.08. The van der Waals surface area contributed by atoms with Gasteiger partial charge in [0.25, 0.3) is 5.56 Å². The van der Waals surface area contributed by atoms with Crippen molar-refractivity contribution in [2.75, 3.05) is 14.2 Å². The Morgan fingerprint density at radius 2 is 1.87 bits per heavy atom. The van der Waals surface area contributed by atoms with E-state index >= 15 is 0 Å². The third-order valence-electron chi connectivity index (χ3n) is 9.85. The van der Waals surface area contributed by atoms with Crippen LogP contribution in [0.5, 0.6) is 11.5 Å². The van der Waals surface area contributed by atoms with Gasteiger partial charge in [0, 0.05) is 11.4 Å². The molecule has 196 valence electrons. The zero-order valence-electron chi connectivity index (χ0n) is 22.3. The molecule has 0 aliphatic heterocycles. The lowest BCUT2D eigenvalue weighted by molar-refractivity contribution is 0.106. The Hall–Kier alpha value is -3.12. The summed E-state index contributed by atoms with van der Waals surface area (Å²) in [4.78, 5) is 21.0. The molecule has 0 unspecified atom stereocenters. The third-order valence-corrected chi connectivity index (χ3v) is 11.0. The highest BCUT2D eigenvalue weighted by Crippen LogP contribution is 2.62. The topological polar surface area (TPSA) is 53.4 Å². The summed E-state index contributed by atoms with van der Waals surface area (Å²) in [5.74, 6) is 3.68. The summed E-state index contributed by atoms with van der Waals surface area (Å²) in [7, 11) is 3.43. The number of aryl methyl sites for hydroxylation is 3. The van der Waals surface area contributed by atoms with Crippen molar-refractivity contribution in [1.82, 2.24) is 9.55 Å². The van der Waals surface area contributed by atoms with E-state index in [0.29, 0.717) is 24.3 Å². The number of rotatable bonds is 5. The van der Waals surface area contributed by atoms with Crippen LogP contribution in [-0.4, -0.2) is 23.8 Å². The van der Waals surface area contributed by atoms with Crippen LogP contribution in [0, 0.1) is 11.8 Å². The molecule has 5 nitrogen and oxygen atoms in total. The fourth-order valence-corrected chi connectivity index (χ4v) is 9.24. The van der Waals surface area contributed by atoms with Crippen molar-refractivity contribution in [3.05, 3.63) is 86.3 Å². The van der Waals surface area contributed by atoms with Gasteiger partial charge in [-0.25, -0.2) is 4.98 Å². The van der Waals surface area contributed by atoms with E-state index in [4.69, 9.17) is 14.5 Å². The summed E-state index contributed by atoms with van der Waals surface area (Å²) in [6.07, 6.45) is 8.28. The van der Waals surface area contributed by atoms with E-state index in [1.807, 2.05) is 16.7 Å². The van der Waals surface area contributed by atoms with Crippen LogP contribution in [0.15, 0.2) is 53.6 Å². The van der Waals surface area contributed by atoms with Crippen LogP contribution in [0.3, 0.4) is 0 Å². The Morgan fingerprint density at radius 3 is 2.66 bits per heavy atom. The molecule has 0 spiro atoms. The number of ether oxygens (including phenoxy) is 2. The average Bonchev–Trinajstić information content (AvgIpc) is 3.47. The van der Waals surface area contributed by atoms with Crippen LogP contribution in [0.4, 0.5) is 0 Å². The van der Waals surface area contributed by atoms with Crippen molar-refractivity contribution in [3.8, 4) is 11.5 Å². The molecule has 38 heavy (non-hydrogen) atoms. The van der Waals surface area contributed by atoms with E-state index in [-0.39, 0.29) is 11.0 Å². The van der Waals surface area contributed by atoms with E-state index in [1.54, 1.807) is 31.9 Å². The number of methoxy groups -OCH3 is 2. The molecular formula is C32H34N2O3S. The van der Waals surface area contributed by atoms with E-state index in [1.165, 1.54) is 40.0 Å². The fourth-order valence-electron chi connectivity index (χ4n) is 7.91. The molecule has 0 bridgehead atoms. The molecule has 2 aromatic carbocycles. The second-order valence-corrected chi connectivity index (χ2v) is 12.6. The van der Waals surface area contributed by atoms with E-state index in [9.17, 15) is 4.79 Å². The highest BCUT2D eigenvalue weighted by Gasteiger charge is 2.54. The summed E-state index contributed by atoms with van der Waals surface area (Å²) in [5.41, 5.74) is 5.70. The molecule has 4 aromatic rings. The van der Waals surface area contributed by atoms with Gasteiger partial charge < -0.3 is 9.47 Å². The normalized spacial score (nSPS) is 25.4. The highest BCUT2D eigenvalue weighted by atomic mass is 32.1. The first kappa shape index (κ1) is 24.0. The first-order chi connectivity index (χ1) is 18.5. The quantitative estimate of drug-likeness (QED) is 0.307. The summed E-state index contributed by atoms with van der Waals surface area (Å²) in [6, 6.07) is 14.8. The van der Waals surface area contributed by atoms with Crippen LogP contribution in [-0.2, 0) is 31.2 Å². The summed E-state index contributed by atoms with van der Waals surface area (Å²) < 4.78 is 12.6. The Balaban J connectivity index is 1.20. The molecule has 0 saturated heterocycles. The molecule has 4 atom stereocenters. The van der Waals surface area contributed by atoms with Gasteiger partial charge in [-0.05, 0) is 108 Å². The highest BCUT2D eigenvalue weighted by molar-refractivity contribution is 7.18. The number of nitrogens with zero attached hydrogens (tertiary/aromatic N) is 2. The lowest BCUT2D eigenvalue weighted by Gasteiger charge is -2.49. The van der Waals surface area contributed by atoms with Gasteiger partial charge in [-0.15, -0.1) is 11.3 Å². The van der Waals surface area contributed by atoms with Crippen LogP contribution in [0.1, 0.15) is 59.2 Å². The van der Waals surface area contributed by atoms with Gasteiger partial charge in [0.05, 0.1) is 25.9 Å². The Kier molecular flexibility index (Phi) is 5.66. The maximum Gasteiger partial charge on any atom is 0.262 e. The number of benzene rings is 2. The largest absolute Gasteiger partial charge is 0.497 e. The smallest absolute Gasteiger partial charge is 0.262 e. The molecule has 7 rings (SSSR count). The monoisotopic (exact) mass is 526 g/mol. The molecule has 1 saturated carbocycles. The second kappa shape index (κ2) is 8.98. The maximum absolute atomic E-state index is 13.9. The van der Waals surface area contributed by atoms with E-state index < -0.39 is 0 Å². The van der Waals surface area contributed by atoms with Gasteiger partial charge >= 0.3 is 0 Å². The lowest BCUT2D eigenvalue weighted by Crippen LogP contribution is -2.43. The molecule has 1 fully saturated rings. The predicted molar refractivity (Wildman–Crippen MR) is 152 cm³/mol. The Bertz CT molecular complexity index is 1590. The number of thiophene rings is 1. The lowest BCUT2D eigenvalue weighted by atomic mass is 9.55. The minimum atomic E-state index is 0.0503. The van der Waals surface area contributed by atoms with Crippen molar-refractivity contribution < 1.29 is 9.47 Å². The number of fused-ring (bicyclic) bond motifs is 9. The van der Waals surface area contributed by atoms with Crippen molar-refractivity contribution in [3.63, 3.8) is 0 Å². The van der Waals surface area contributed by atoms with Gasteiger partial charge in [0.2, 0.25) is 0 Å². The van der Waals surface area contributed by atoms with Crippen LogP contribution in [0.25, 0.3) is 10.2 Å². The molecule has 6 heteroatoms. The van der Waals surface area contributed by atoms with Gasteiger partial charge in [-0.3, -0.25) is 9.36 Å². The molecule has 0 radical (unpaired) electrons. The molecule has 2 aromatic heterocycles. The molecule has 0 amide bonds. The molecule has 3 aliphatic rings. The Morgan fingerprint density at radius 1 is 1.08 bits per heavy atom. The second-order valence-electron chi connectivity index (χ2n) is 11.6. The van der Waals surface area contributed by atoms with Crippen molar-refractivity contribution >= 4 is 21.6 Å². The van der Waals surface area contributed by atoms with Gasteiger partial charge in [-0.1, -0.05) is 25.1 Å². The SMILES string of the molecule is COc1ccc(CCn2cnc3sc4c(c3c2=O)[C@]2(C)CC[C@@H]3c5ccc(OC)cc5CC[C@H]3[C@H]2C4)cc1. The summed E-state index contributed by atoms with van der Waals surface area (Å²) >= 11 is 1.77. The maximum atomic E-state index is 13.9. The fraction of sp³-hybridized carbons (Fsp3) is 0.438. The average molecular weight is 527 g/mol. The number of hydrogen-bond donors (Lipinski definition) is 0. The van der Waals surface area contributed by atoms with Gasteiger partial charge in [-0.2, -0.15) is 0 Å². The number of aromatic nitrogens is 2. The van der Waals surface area contributed by atoms with Crippen molar-refractivity contribution in [1.29, 1.82) is 0 Å². The van der Waals surface area contributed by atoms with Gasteiger partial charge in [0.1, 0.15) is 16.3 Å². The minimum absolute atomic E-state index is 0.0503. The van der Waals surface area contributed by atoms with Crippen LogP contribution < -0.4 is 15.0 Å². The molecular weight excluding hydrogens is 492 g/mol. The summed E-state index contributed by atoms with van der Waals surface area (Å²) in [5, 5.41) is 0.895. The minimum Gasteiger partial charge on any atom is -0.497 e. The zero-order valence-corrected chi connectivity index (χ0v) is 23.1. The zero-order chi connectivity index (χ0) is 26.0.